The molecule has 1 amide bonds. The molecule has 0 unspecified atom stereocenters. The molecule has 2 heterocycles. The SMILES string of the molecule is CCOc1cccc2[nH]cc(CC(=O)Nc3ccn(CC(=O)O)n3)c12. The number of nitrogens with one attached hydrogen (secondary N) is 2. The molecular weight excluding hydrogens is 324 g/mol. The maximum absolute atomic E-state index is 12.3. The van der Waals surface area contributed by atoms with Crippen molar-refractivity contribution in [1.29, 1.82) is 0 Å². The lowest BCUT2D eigenvalue weighted by atomic mass is 10.1. The van der Waals surface area contributed by atoms with E-state index in [0.717, 1.165) is 22.2 Å². The summed E-state index contributed by atoms with van der Waals surface area (Å²) in [5.41, 5.74) is 1.72. The number of H-pyrrole nitrogens is 1. The number of aromatic nitrogens is 3. The van der Waals surface area contributed by atoms with Crippen LogP contribution in [-0.2, 0) is 22.6 Å². The standard InChI is InChI=1S/C17H18N4O4/c1-2-25-13-5-3-4-12-17(13)11(9-18-12)8-15(22)19-14-6-7-21(20-14)10-16(23)24/h3-7,9,18H,2,8,10H2,1H3,(H,23,24)(H,19,20,22). The number of carboxylic acid groups (broad SMARTS) is 1. The third-order valence-electron chi connectivity index (χ3n) is 3.61. The second kappa shape index (κ2) is 7.08. The van der Waals surface area contributed by atoms with Gasteiger partial charge < -0.3 is 20.1 Å². The molecule has 0 atom stereocenters. The first-order valence-electron chi connectivity index (χ1n) is 7.83. The summed E-state index contributed by atoms with van der Waals surface area (Å²) in [6, 6.07) is 7.24. The summed E-state index contributed by atoms with van der Waals surface area (Å²) in [4.78, 5) is 26.1. The van der Waals surface area contributed by atoms with Crippen molar-refractivity contribution in [3.63, 3.8) is 0 Å². The van der Waals surface area contributed by atoms with Crippen molar-refractivity contribution in [2.75, 3.05) is 11.9 Å². The van der Waals surface area contributed by atoms with Gasteiger partial charge in [-0.2, -0.15) is 5.10 Å². The molecule has 0 saturated heterocycles. The average molecular weight is 342 g/mol. The first-order chi connectivity index (χ1) is 12.1. The lowest BCUT2D eigenvalue weighted by molar-refractivity contribution is -0.137. The van der Waals surface area contributed by atoms with Crippen LogP contribution in [-0.4, -0.2) is 38.4 Å². The van der Waals surface area contributed by atoms with Gasteiger partial charge in [0.15, 0.2) is 5.82 Å². The number of aliphatic carboxylic acids is 1. The first kappa shape index (κ1) is 16.6. The van der Waals surface area contributed by atoms with Crippen LogP contribution in [0.4, 0.5) is 5.82 Å². The van der Waals surface area contributed by atoms with Crippen molar-refractivity contribution in [3.8, 4) is 5.75 Å². The Hall–Kier alpha value is -3.29. The van der Waals surface area contributed by atoms with Crippen LogP contribution in [0.25, 0.3) is 10.9 Å². The summed E-state index contributed by atoms with van der Waals surface area (Å²) < 4.78 is 6.88. The van der Waals surface area contributed by atoms with E-state index in [-0.39, 0.29) is 18.9 Å². The van der Waals surface area contributed by atoms with E-state index in [1.165, 1.54) is 10.9 Å². The van der Waals surface area contributed by atoms with E-state index in [2.05, 4.69) is 15.4 Å². The smallest absolute Gasteiger partial charge is 0.325 e. The number of fused-ring (bicyclic) bond motifs is 1. The van der Waals surface area contributed by atoms with Crippen LogP contribution in [0, 0.1) is 0 Å². The number of carbonyl (C=O) groups is 2. The number of carboxylic acids is 1. The number of amides is 1. The monoisotopic (exact) mass is 342 g/mol. The molecule has 3 aromatic rings. The summed E-state index contributed by atoms with van der Waals surface area (Å²) in [7, 11) is 0. The zero-order valence-corrected chi connectivity index (χ0v) is 13.7. The fourth-order valence-electron chi connectivity index (χ4n) is 2.65. The summed E-state index contributed by atoms with van der Waals surface area (Å²) in [6.07, 6.45) is 3.44. The molecule has 3 N–H and O–H groups in total. The van der Waals surface area contributed by atoms with Crippen LogP contribution in [0.3, 0.4) is 0 Å². The molecule has 0 aliphatic carbocycles. The predicted octanol–water partition coefficient (Wildman–Crippen LogP) is 2.03. The Morgan fingerprint density at radius 3 is 2.96 bits per heavy atom. The van der Waals surface area contributed by atoms with Crippen LogP contribution in [0.2, 0.25) is 0 Å². The fourth-order valence-corrected chi connectivity index (χ4v) is 2.65. The van der Waals surface area contributed by atoms with Crippen molar-refractivity contribution in [2.24, 2.45) is 0 Å². The Bertz CT molecular complexity index is 912. The highest BCUT2D eigenvalue weighted by Gasteiger charge is 2.14. The van der Waals surface area contributed by atoms with Gasteiger partial charge in [0, 0.05) is 29.4 Å². The van der Waals surface area contributed by atoms with E-state index in [0.29, 0.717) is 12.4 Å². The van der Waals surface area contributed by atoms with E-state index in [4.69, 9.17) is 9.84 Å². The minimum atomic E-state index is -0.997. The van der Waals surface area contributed by atoms with Gasteiger partial charge in [0.2, 0.25) is 5.91 Å². The van der Waals surface area contributed by atoms with Gasteiger partial charge in [-0.25, -0.2) is 0 Å². The summed E-state index contributed by atoms with van der Waals surface area (Å²) >= 11 is 0. The van der Waals surface area contributed by atoms with Gasteiger partial charge in [-0.05, 0) is 24.6 Å². The number of hydrogen-bond donors (Lipinski definition) is 3. The zero-order valence-electron chi connectivity index (χ0n) is 13.7. The molecule has 0 saturated carbocycles. The molecule has 2 aromatic heterocycles. The van der Waals surface area contributed by atoms with Crippen molar-refractivity contribution >= 4 is 28.6 Å². The maximum atomic E-state index is 12.3. The highest BCUT2D eigenvalue weighted by Crippen LogP contribution is 2.29. The molecule has 25 heavy (non-hydrogen) atoms. The molecule has 8 heteroatoms. The second-order valence-corrected chi connectivity index (χ2v) is 5.44. The van der Waals surface area contributed by atoms with Crippen molar-refractivity contribution < 1.29 is 19.4 Å². The first-order valence-corrected chi connectivity index (χ1v) is 7.83. The number of hydrogen-bond acceptors (Lipinski definition) is 4. The number of benzene rings is 1. The molecule has 1 aromatic carbocycles. The lowest BCUT2D eigenvalue weighted by Gasteiger charge is -2.07. The average Bonchev–Trinajstić information content (AvgIpc) is 3.15. The number of carbonyl (C=O) groups excluding carboxylic acids is 1. The van der Waals surface area contributed by atoms with Gasteiger partial charge in [-0.15, -0.1) is 0 Å². The minimum absolute atomic E-state index is 0.149. The Morgan fingerprint density at radius 2 is 2.20 bits per heavy atom. The number of rotatable bonds is 7. The third kappa shape index (κ3) is 3.79. The fraction of sp³-hybridized carbons (Fsp3) is 0.235. The van der Waals surface area contributed by atoms with Crippen molar-refractivity contribution in [2.45, 2.75) is 19.9 Å². The molecule has 0 fully saturated rings. The van der Waals surface area contributed by atoms with Gasteiger partial charge >= 0.3 is 5.97 Å². The van der Waals surface area contributed by atoms with Crippen LogP contribution in [0.15, 0.2) is 36.7 Å². The zero-order chi connectivity index (χ0) is 17.8. The highest BCUT2D eigenvalue weighted by molar-refractivity contribution is 5.97. The molecule has 8 nitrogen and oxygen atoms in total. The Labute approximate surface area is 143 Å². The van der Waals surface area contributed by atoms with E-state index in [1.807, 2.05) is 25.1 Å². The van der Waals surface area contributed by atoms with E-state index in [1.54, 1.807) is 12.3 Å². The summed E-state index contributed by atoms with van der Waals surface area (Å²) in [5, 5.41) is 16.3. The van der Waals surface area contributed by atoms with Crippen LogP contribution in [0.5, 0.6) is 5.75 Å². The Kier molecular flexibility index (Phi) is 4.69. The number of aromatic amines is 1. The topological polar surface area (TPSA) is 109 Å². The third-order valence-corrected chi connectivity index (χ3v) is 3.61. The molecule has 0 aliphatic rings. The van der Waals surface area contributed by atoms with E-state index >= 15 is 0 Å². The van der Waals surface area contributed by atoms with E-state index in [9.17, 15) is 9.59 Å². The van der Waals surface area contributed by atoms with E-state index < -0.39 is 5.97 Å². The molecule has 0 radical (unpaired) electrons. The normalized spacial score (nSPS) is 10.8. The minimum Gasteiger partial charge on any atom is -0.493 e. The quantitative estimate of drug-likeness (QED) is 0.609. The summed E-state index contributed by atoms with van der Waals surface area (Å²) in [6.45, 7) is 2.19. The highest BCUT2D eigenvalue weighted by atomic mass is 16.5. The molecule has 0 spiro atoms. The Balaban J connectivity index is 1.74. The maximum Gasteiger partial charge on any atom is 0.325 e. The van der Waals surface area contributed by atoms with Gasteiger partial charge in [-0.3, -0.25) is 14.3 Å². The number of ether oxygens (including phenoxy) is 1. The molecular formula is C17H18N4O4. The largest absolute Gasteiger partial charge is 0.493 e. The Morgan fingerprint density at radius 1 is 1.36 bits per heavy atom. The van der Waals surface area contributed by atoms with Crippen LogP contribution >= 0.6 is 0 Å². The molecule has 0 aliphatic heterocycles. The van der Waals surface area contributed by atoms with Gasteiger partial charge in [0.1, 0.15) is 12.3 Å². The van der Waals surface area contributed by atoms with Gasteiger partial charge in [0.05, 0.1) is 13.0 Å². The predicted molar refractivity (Wildman–Crippen MR) is 91.7 cm³/mol. The lowest BCUT2D eigenvalue weighted by Crippen LogP contribution is -2.15. The molecule has 3 rings (SSSR count). The van der Waals surface area contributed by atoms with Crippen LogP contribution < -0.4 is 10.1 Å². The van der Waals surface area contributed by atoms with Crippen LogP contribution in [0.1, 0.15) is 12.5 Å². The second-order valence-electron chi connectivity index (χ2n) is 5.44. The summed E-state index contributed by atoms with van der Waals surface area (Å²) in [5.74, 6) is -0.193. The van der Waals surface area contributed by atoms with Gasteiger partial charge in [0.25, 0.3) is 0 Å². The molecule has 130 valence electrons. The number of nitrogens with zero attached hydrogens (tertiary/aromatic N) is 2. The number of anilines is 1. The van der Waals surface area contributed by atoms with Crippen molar-refractivity contribution in [3.05, 3.63) is 42.2 Å². The van der Waals surface area contributed by atoms with Gasteiger partial charge in [-0.1, -0.05) is 6.07 Å². The van der Waals surface area contributed by atoms with Crippen molar-refractivity contribution in [1.82, 2.24) is 14.8 Å². The molecule has 0 bridgehead atoms.